The second kappa shape index (κ2) is 5.46. The van der Waals surface area contributed by atoms with Gasteiger partial charge in [-0.05, 0) is 41.5 Å². The smallest absolute Gasteiger partial charge is 0.240 e. The van der Waals surface area contributed by atoms with Crippen molar-refractivity contribution in [2.45, 2.75) is 17.9 Å². The van der Waals surface area contributed by atoms with Crippen molar-refractivity contribution in [2.75, 3.05) is 6.61 Å². The first-order valence-corrected chi connectivity index (χ1v) is 8.03. The van der Waals surface area contributed by atoms with E-state index >= 15 is 0 Å². The van der Waals surface area contributed by atoms with Crippen LogP contribution in [0.2, 0.25) is 0 Å². The van der Waals surface area contributed by atoms with Crippen molar-refractivity contribution in [2.24, 2.45) is 0 Å². The van der Waals surface area contributed by atoms with Crippen LogP contribution >= 0.6 is 0 Å². The van der Waals surface area contributed by atoms with E-state index < -0.39 is 10.0 Å². The molecule has 2 aromatic carbocycles. The van der Waals surface area contributed by atoms with Crippen molar-refractivity contribution in [3.05, 3.63) is 59.4 Å². The van der Waals surface area contributed by atoms with Gasteiger partial charge in [0.25, 0.3) is 0 Å². The number of hydrogen-bond acceptors (Lipinski definition) is 3. The molecule has 0 saturated heterocycles. The van der Waals surface area contributed by atoms with Gasteiger partial charge in [0.2, 0.25) is 10.0 Å². The van der Waals surface area contributed by atoms with Crippen molar-refractivity contribution in [1.82, 2.24) is 4.72 Å². The average molecular weight is 307 g/mol. The Bertz CT molecular complexity index is 757. The highest BCUT2D eigenvalue weighted by Crippen LogP contribution is 2.27. The Labute approximate surface area is 122 Å². The minimum absolute atomic E-state index is 0.121. The summed E-state index contributed by atoms with van der Waals surface area (Å²) in [7, 11) is -3.59. The largest absolute Gasteiger partial charge is 0.493 e. The summed E-state index contributed by atoms with van der Waals surface area (Å²) in [6.45, 7) is 0.706. The zero-order valence-electron chi connectivity index (χ0n) is 11.2. The summed E-state index contributed by atoms with van der Waals surface area (Å²) in [6.07, 6.45) is 0.719. The maximum Gasteiger partial charge on any atom is 0.240 e. The molecule has 21 heavy (non-hydrogen) atoms. The summed E-state index contributed by atoms with van der Waals surface area (Å²) >= 11 is 0. The standard InChI is InChI=1S/C15H14FNO3S/c16-13-3-1-11(2-4-13)10-17-21(18,19)14-5-6-15-12(9-14)7-8-20-15/h1-6,9,17H,7-8,10H2. The highest BCUT2D eigenvalue weighted by atomic mass is 32.2. The van der Waals surface area contributed by atoms with Crippen LogP contribution in [0.1, 0.15) is 11.1 Å². The number of rotatable bonds is 4. The topological polar surface area (TPSA) is 55.4 Å². The van der Waals surface area contributed by atoms with Crippen LogP contribution in [0.15, 0.2) is 47.4 Å². The molecule has 0 spiro atoms. The summed E-state index contributed by atoms with van der Waals surface area (Å²) < 4.78 is 45.2. The van der Waals surface area contributed by atoms with E-state index in [0.717, 1.165) is 17.7 Å². The van der Waals surface area contributed by atoms with Gasteiger partial charge in [-0.25, -0.2) is 17.5 Å². The first-order valence-electron chi connectivity index (χ1n) is 6.54. The predicted molar refractivity (Wildman–Crippen MR) is 76.1 cm³/mol. The van der Waals surface area contributed by atoms with Crippen molar-refractivity contribution < 1.29 is 17.5 Å². The van der Waals surface area contributed by atoms with E-state index in [1.165, 1.54) is 18.2 Å². The maximum absolute atomic E-state index is 12.8. The van der Waals surface area contributed by atoms with Crippen molar-refractivity contribution in [1.29, 1.82) is 0 Å². The Balaban J connectivity index is 1.76. The fraction of sp³-hybridized carbons (Fsp3) is 0.200. The fourth-order valence-corrected chi connectivity index (χ4v) is 3.26. The van der Waals surface area contributed by atoms with Gasteiger partial charge in [-0.3, -0.25) is 0 Å². The molecule has 1 aliphatic heterocycles. The third-order valence-electron chi connectivity index (χ3n) is 3.35. The molecule has 6 heteroatoms. The van der Waals surface area contributed by atoms with Crippen LogP contribution in [0.5, 0.6) is 5.75 Å². The minimum Gasteiger partial charge on any atom is -0.493 e. The molecule has 1 heterocycles. The zero-order valence-corrected chi connectivity index (χ0v) is 12.0. The van der Waals surface area contributed by atoms with Crippen LogP contribution in [0.3, 0.4) is 0 Å². The highest BCUT2D eigenvalue weighted by molar-refractivity contribution is 7.89. The molecule has 0 aliphatic carbocycles. The highest BCUT2D eigenvalue weighted by Gasteiger charge is 2.18. The molecule has 4 nitrogen and oxygen atoms in total. The van der Waals surface area contributed by atoms with E-state index in [2.05, 4.69) is 4.72 Å². The van der Waals surface area contributed by atoms with Gasteiger partial charge >= 0.3 is 0 Å². The van der Waals surface area contributed by atoms with E-state index in [9.17, 15) is 12.8 Å². The number of benzene rings is 2. The number of fused-ring (bicyclic) bond motifs is 1. The molecule has 0 radical (unpaired) electrons. The SMILES string of the molecule is O=S(=O)(NCc1ccc(F)cc1)c1ccc2c(c1)CCO2. The van der Waals surface area contributed by atoms with Crippen LogP contribution in [-0.2, 0) is 23.0 Å². The van der Waals surface area contributed by atoms with Crippen molar-refractivity contribution in [3.63, 3.8) is 0 Å². The van der Waals surface area contributed by atoms with Gasteiger partial charge < -0.3 is 4.74 Å². The fourth-order valence-electron chi connectivity index (χ4n) is 2.19. The Morgan fingerprint density at radius 3 is 2.67 bits per heavy atom. The third-order valence-corrected chi connectivity index (χ3v) is 4.75. The summed E-state index contributed by atoms with van der Waals surface area (Å²) in [6, 6.07) is 10.5. The van der Waals surface area contributed by atoms with Gasteiger partial charge in [0, 0.05) is 13.0 Å². The molecule has 0 atom stereocenters. The normalized spacial score (nSPS) is 13.8. The summed E-state index contributed by atoms with van der Waals surface area (Å²) in [5.74, 6) is 0.396. The number of sulfonamides is 1. The molecule has 1 aliphatic rings. The molecular weight excluding hydrogens is 293 g/mol. The van der Waals surface area contributed by atoms with Gasteiger partial charge in [0.05, 0.1) is 11.5 Å². The first kappa shape index (κ1) is 14.0. The second-order valence-corrected chi connectivity index (χ2v) is 6.59. The number of hydrogen-bond donors (Lipinski definition) is 1. The number of ether oxygens (including phenoxy) is 1. The van der Waals surface area contributed by atoms with E-state index in [1.54, 1.807) is 24.3 Å². The van der Waals surface area contributed by atoms with Crippen LogP contribution in [0.4, 0.5) is 4.39 Å². The summed E-state index contributed by atoms with van der Waals surface area (Å²) in [5, 5.41) is 0. The molecule has 1 N–H and O–H groups in total. The molecule has 2 aromatic rings. The molecule has 0 saturated carbocycles. The molecule has 0 amide bonds. The Morgan fingerprint density at radius 1 is 1.14 bits per heavy atom. The summed E-state index contributed by atoms with van der Waals surface area (Å²) in [4.78, 5) is 0.217. The van der Waals surface area contributed by atoms with E-state index in [-0.39, 0.29) is 17.3 Å². The van der Waals surface area contributed by atoms with Crippen LogP contribution in [-0.4, -0.2) is 15.0 Å². The van der Waals surface area contributed by atoms with E-state index in [0.29, 0.717) is 12.2 Å². The van der Waals surface area contributed by atoms with Gasteiger partial charge in [-0.1, -0.05) is 12.1 Å². The van der Waals surface area contributed by atoms with Gasteiger partial charge in [-0.2, -0.15) is 0 Å². The maximum atomic E-state index is 12.8. The van der Waals surface area contributed by atoms with Crippen LogP contribution < -0.4 is 9.46 Å². The molecule has 0 unspecified atom stereocenters. The lowest BCUT2D eigenvalue weighted by molar-refractivity contribution is 0.356. The quantitative estimate of drug-likeness (QED) is 0.942. The monoisotopic (exact) mass is 307 g/mol. The lowest BCUT2D eigenvalue weighted by Crippen LogP contribution is -2.23. The first-order chi connectivity index (χ1) is 10.0. The molecule has 0 fully saturated rings. The van der Waals surface area contributed by atoms with Crippen LogP contribution in [0.25, 0.3) is 0 Å². The Hall–Kier alpha value is -1.92. The lowest BCUT2D eigenvalue weighted by atomic mass is 10.2. The number of halogens is 1. The van der Waals surface area contributed by atoms with Gasteiger partial charge in [-0.15, -0.1) is 0 Å². The summed E-state index contributed by atoms with van der Waals surface area (Å²) in [5.41, 5.74) is 1.60. The van der Waals surface area contributed by atoms with Gasteiger partial charge in [0.15, 0.2) is 0 Å². The van der Waals surface area contributed by atoms with Crippen LogP contribution in [0, 0.1) is 5.82 Å². The third kappa shape index (κ3) is 3.06. The van der Waals surface area contributed by atoms with Crippen molar-refractivity contribution in [3.8, 4) is 5.75 Å². The Kier molecular flexibility index (Phi) is 3.65. The average Bonchev–Trinajstić information content (AvgIpc) is 2.94. The van der Waals surface area contributed by atoms with Gasteiger partial charge in [0.1, 0.15) is 11.6 Å². The van der Waals surface area contributed by atoms with Crippen molar-refractivity contribution >= 4 is 10.0 Å². The molecule has 110 valence electrons. The molecule has 0 aromatic heterocycles. The second-order valence-electron chi connectivity index (χ2n) is 4.82. The van der Waals surface area contributed by atoms with E-state index in [1.807, 2.05) is 0 Å². The Morgan fingerprint density at radius 2 is 1.90 bits per heavy atom. The molecule has 3 rings (SSSR count). The number of nitrogens with one attached hydrogen (secondary N) is 1. The molecule has 0 bridgehead atoms. The lowest BCUT2D eigenvalue weighted by Gasteiger charge is -2.08. The van der Waals surface area contributed by atoms with E-state index in [4.69, 9.17) is 4.74 Å². The molecular formula is C15H14FNO3S. The predicted octanol–water partition coefficient (Wildman–Crippen LogP) is 2.24. The minimum atomic E-state index is -3.59. The zero-order chi connectivity index (χ0) is 14.9.